The maximum absolute atomic E-state index is 5.83. The van der Waals surface area contributed by atoms with E-state index in [1.165, 1.54) is 11.3 Å². The second kappa shape index (κ2) is 3.08. The van der Waals surface area contributed by atoms with Crippen molar-refractivity contribution < 1.29 is 0 Å². The molecule has 0 spiro atoms. The van der Waals surface area contributed by atoms with Gasteiger partial charge in [0.15, 0.2) is 0 Å². The molecule has 0 saturated heterocycles. The largest absolute Gasteiger partial charge is 0.319 e. The Balaban J connectivity index is 2.20. The van der Waals surface area contributed by atoms with E-state index in [9.17, 15) is 0 Å². The lowest BCUT2D eigenvalue weighted by molar-refractivity contribution is 0.881. The van der Waals surface area contributed by atoms with Crippen molar-refractivity contribution in [3.63, 3.8) is 0 Å². The van der Waals surface area contributed by atoms with Gasteiger partial charge < -0.3 is 5.32 Å². The van der Waals surface area contributed by atoms with Crippen LogP contribution in [0.25, 0.3) is 0 Å². The minimum Gasteiger partial charge on any atom is -0.319 e. The van der Waals surface area contributed by atoms with Crippen molar-refractivity contribution in [3.8, 4) is 0 Å². The Bertz CT molecular complexity index is 356. The molecule has 2 aromatic heterocycles. The molecule has 5 nitrogen and oxygen atoms in total. The highest BCUT2D eigenvalue weighted by Crippen LogP contribution is 2.28. The predicted molar refractivity (Wildman–Crippen MR) is 46.8 cm³/mol. The first-order chi connectivity index (χ1) is 5.86. The molecule has 12 heavy (non-hydrogen) atoms. The molecule has 2 rings (SSSR count). The molecule has 2 heterocycles. The van der Waals surface area contributed by atoms with Gasteiger partial charge in [0.2, 0.25) is 0 Å². The third-order valence-corrected chi connectivity index (χ3v) is 2.38. The Morgan fingerprint density at radius 1 is 1.58 bits per heavy atom. The molecular weight excluding hydrogens is 198 g/mol. The van der Waals surface area contributed by atoms with Crippen LogP contribution in [-0.4, -0.2) is 20.6 Å². The van der Waals surface area contributed by atoms with Crippen LogP contribution in [0.3, 0.4) is 0 Å². The lowest BCUT2D eigenvalue weighted by Gasteiger charge is -1.95. The van der Waals surface area contributed by atoms with Gasteiger partial charge >= 0.3 is 0 Å². The molecule has 2 N–H and O–H groups in total. The number of H-pyrrole nitrogens is 1. The second-order valence-electron chi connectivity index (χ2n) is 1.97. The summed E-state index contributed by atoms with van der Waals surface area (Å²) in [7, 11) is 0. The van der Waals surface area contributed by atoms with Crippen LogP contribution in [0, 0.1) is 0 Å². The molecule has 0 fully saturated rings. The Morgan fingerprint density at radius 3 is 3.08 bits per heavy atom. The molecular formula is C5H4ClN5S. The van der Waals surface area contributed by atoms with E-state index in [1.807, 2.05) is 11.4 Å². The molecule has 62 valence electrons. The molecule has 0 amide bonds. The topological polar surface area (TPSA) is 66.5 Å². The van der Waals surface area contributed by atoms with E-state index in [-0.39, 0.29) is 0 Å². The number of hydrogen-bond acceptors (Lipinski definition) is 5. The van der Waals surface area contributed by atoms with Crippen molar-refractivity contribution in [2.24, 2.45) is 0 Å². The number of hydrogen-bond donors (Lipinski definition) is 2. The minimum absolute atomic E-state index is 0.412. The summed E-state index contributed by atoms with van der Waals surface area (Å²) in [5.41, 5.74) is 0.795. The van der Waals surface area contributed by atoms with E-state index >= 15 is 0 Å². The van der Waals surface area contributed by atoms with Gasteiger partial charge in [0, 0.05) is 0 Å². The Labute approximate surface area is 76.8 Å². The van der Waals surface area contributed by atoms with Gasteiger partial charge in [-0.15, -0.1) is 16.4 Å². The monoisotopic (exact) mass is 201 g/mol. The number of thiophene rings is 1. The summed E-state index contributed by atoms with van der Waals surface area (Å²) in [6.07, 6.45) is 0. The zero-order chi connectivity index (χ0) is 8.39. The Hall–Kier alpha value is -1.14. The zero-order valence-corrected chi connectivity index (χ0v) is 7.35. The summed E-state index contributed by atoms with van der Waals surface area (Å²) in [6, 6.07) is 1.85. The molecule has 0 saturated carbocycles. The molecule has 0 aromatic carbocycles. The first-order valence-corrected chi connectivity index (χ1v) is 4.35. The van der Waals surface area contributed by atoms with Crippen LogP contribution in [0.1, 0.15) is 0 Å². The van der Waals surface area contributed by atoms with E-state index in [1.54, 1.807) is 0 Å². The summed E-state index contributed by atoms with van der Waals surface area (Å²) in [5.74, 6) is 0.412. The van der Waals surface area contributed by atoms with E-state index in [0.717, 1.165) is 5.69 Å². The molecule has 0 bridgehead atoms. The molecule has 2 aromatic rings. The molecule has 0 aliphatic rings. The average molecular weight is 202 g/mol. The van der Waals surface area contributed by atoms with Gasteiger partial charge in [-0.1, -0.05) is 16.7 Å². The average Bonchev–Trinajstić information content (AvgIpc) is 2.65. The van der Waals surface area contributed by atoms with Crippen LogP contribution in [0.2, 0.25) is 4.34 Å². The van der Waals surface area contributed by atoms with Crippen molar-refractivity contribution in [2.75, 3.05) is 5.32 Å². The number of aromatic amines is 1. The second-order valence-corrected chi connectivity index (χ2v) is 3.49. The standard InChI is InChI=1S/C5H4ClN5S/c6-4-3(1-2-12-4)7-5-8-10-11-9-5/h1-2H,(H2,7,8,9,10,11). The van der Waals surface area contributed by atoms with Crippen LogP contribution in [0.5, 0.6) is 0 Å². The lowest BCUT2D eigenvalue weighted by atomic mass is 10.5. The molecule has 0 aliphatic heterocycles. The van der Waals surface area contributed by atoms with Gasteiger partial charge in [-0.2, -0.15) is 5.21 Å². The molecule has 0 radical (unpaired) electrons. The Kier molecular flexibility index (Phi) is 1.92. The van der Waals surface area contributed by atoms with Crippen molar-refractivity contribution in [3.05, 3.63) is 15.8 Å². The van der Waals surface area contributed by atoms with Gasteiger partial charge in [-0.3, -0.25) is 0 Å². The Morgan fingerprint density at radius 2 is 2.50 bits per heavy atom. The van der Waals surface area contributed by atoms with E-state index < -0.39 is 0 Å². The summed E-state index contributed by atoms with van der Waals surface area (Å²) in [4.78, 5) is 0. The first-order valence-electron chi connectivity index (χ1n) is 3.10. The summed E-state index contributed by atoms with van der Waals surface area (Å²) >= 11 is 7.27. The summed E-state index contributed by atoms with van der Waals surface area (Å²) < 4.78 is 0.680. The quantitative estimate of drug-likeness (QED) is 0.776. The number of aromatic nitrogens is 4. The molecule has 7 heteroatoms. The maximum Gasteiger partial charge on any atom is 0.267 e. The van der Waals surface area contributed by atoms with Crippen LogP contribution in [0.4, 0.5) is 11.6 Å². The van der Waals surface area contributed by atoms with Gasteiger partial charge in [-0.25, -0.2) is 0 Å². The van der Waals surface area contributed by atoms with E-state index in [0.29, 0.717) is 10.3 Å². The number of nitrogens with one attached hydrogen (secondary N) is 2. The predicted octanol–water partition coefficient (Wildman–Crippen LogP) is 1.66. The fourth-order valence-electron chi connectivity index (χ4n) is 0.717. The maximum atomic E-state index is 5.83. The third-order valence-electron chi connectivity index (χ3n) is 1.21. The van der Waals surface area contributed by atoms with Crippen molar-refractivity contribution in [1.29, 1.82) is 0 Å². The van der Waals surface area contributed by atoms with E-state index in [2.05, 4.69) is 25.9 Å². The van der Waals surface area contributed by atoms with Crippen LogP contribution >= 0.6 is 22.9 Å². The molecule has 0 atom stereocenters. The molecule has 0 unspecified atom stereocenters. The molecule has 0 aliphatic carbocycles. The van der Waals surface area contributed by atoms with Crippen LogP contribution in [-0.2, 0) is 0 Å². The SMILES string of the molecule is Clc1sccc1Nc1nn[nH]n1. The fourth-order valence-corrected chi connectivity index (χ4v) is 1.55. The highest BCUT2D eigenvalue weighted by molar-refractivity contribution is 7.15. The number of halogens is 1. The van der Waals surface area contributed by atoms with Crippen molar-refractivity contribution in [2.45, 2.75) is 0 Å². The smallest absolute Gasteiger partial charge is 0.267 e. The van der Waals surface area contributed by atoms with E-state index in [4.69, 9.17) is 11.6 Å². The number of rotatable bonds is 2. The number of nitrogens with zero attached hydrogens (tertiary/aromatic N) is 3. The van der Waals surface area contributed by atoms with Crippen molar-refractivity contribution >= 4 is 34.6 Å². The minimum atomic E-state index is 0.412. The third kappa shape index (κ3) is 1.39. The van der Waals surface area contributed by atoms with Gasteiger partial charge in [0.05, 0.1) is 5.69 Å². The normalized spacial score (nSPS) is 10.1. The van der Waals surface area contributed by atoms with Crippen LogP contribution < -0.4 is 5.32 Å². The fraction of sp³-hybridized carbons (Fsp3) is 0. The highest BCUT2D eigenvalue weighted by Gasteiger charge is 2.03. The summed E-state index contributed by atoms with van der Waals surface area (Å²) in [5, 5.41) is 17.9. The van der Waals surface area contributed by atoms with Gasteiger partial charge in [-0.05, 0) is 16.7 Å². The lowest BCUT2D eigenvalue weighted by Crippen LogP contribution is -1.90. The first kappa shape index (κ1) is 7.51. The van der Waals surface area contributed by atoms with Crippen LogP contribution in [0.15, 0.2) is 11.4 Å². The van der Waals surface area contributed by atoms with Crippen molar-refractivity contribution in [1.82, 2.24) is 20.6 Å². The summed E-state index contributed by atoms with van der Waals surface area (Å²) in [6.45, 7) is 0. The highest BCUT2D eigenvalue weighted by atomic mass is 35.5. The van der Waals surface area contributed by atoms with Gasteiger partial charge in [0.1, 0.15) is 4.34 Å². The number of anilines is 2. The number of tetrazole rings is 1. The van der Waals surface area contributed by atoms with Gasteiger partial charge in [0.25, 0.3) is 5.95 Å². The zero-order valence-electron chi connectivity index (χ0n) is 5.78.